The van der Waals surface area contributed by atoms with Gasteiger partial charge in [-0.15, -0.1) is 0 Å². The van der Waals surface area contributed by atoms with Gasteiger partial charge in [-0.05, 0) is 49.2 Å². The van der Waals surface area contributed by atoms with Crippen molar-refractivity contribution in [2.45, 2.75) is 28.7 Å². The average Bonchev–Trinajstić information content (AvgIpc) is 3.59. The van der Waals surface area contributed by atoms with E-state index in [1.54, 1.807) is 36.4 Å². The van der Waals surface area contributed by atoms with Gasteiger partial charge in [0.05, 0.1) is 10.5 Å². The maximum absolute atomic E-state index is 14.1. The first-order valence-electron chi connectivity index (χ1n) is 9.84. The molecule has 2 N–H and O–H groups in total. The molecule has 1 aliphatic carbocycles. The zero-order valence-electron chi connectivity index (χ0n) is 16.7. The Morgan fingerprint density at radius 3 is 2.47 bits per heavy atom. The van der Waals surface area contributed by atoms with Gasteiger partial charge in [-0.3, -0.25) is 19.7 Å². The molecule has 1 fully saturated rings. The van der Waals surface area contributed by atoms with E-state index in [-0.39, 0.29) is 28.1 Å². The summed E-state index contributed by atoms with van der Waals surface area (Å²) in [5, 5.41) is 16.8. The van der Waals surface area contributed by atoms with Gasteiger partial charge in [-0.25, -0.2) is 4.39 Å². The van der Waals surface area contributed by atoms with Crippen molar-refractivity contribution < 1.29 is 18.9 Å². The second-order valence-electron chi connectivity index (χ2n) is 7.25. The molecule has 7 nitrogen and oxygen atoms in total. The van der Waals surface area contributed by atoms with Crippen LogP contribution in [0.3, 0.4) is 0 Å². The highest BCUT2D eigenvalue weighted by atomic mass is 32.2. The highest BCUT2D eigenvalue weighted by Gasteiger charge is 2.24. The van der Waals surface area contributed by atoms with Gasteiger partial charge in [0, 0.05) is 39.2 Å². The fourth-order valence-corrected chi connectivity index (χ4v) is 3.92. The van der Waals surface area contributed by atoms with Crippen molar-refractivity contribution >= 4 is 35.0 Å². The minimum Gasteiger partial charge on any atom is -0.349 e. The van der Waals surface area contributed by atoms with Crippen LogP contribution in [0.4, 0.5) is 15.8 Å². The van der Waals surface area contributed by atoms with E-state index in [1.165, 1.54) is 24.3 Å². The number of nitrogens with one attached hydrogen (secondary N) is 2. The van der Waals surface area contributed by atoms with Gasteiger partial charge in [-0.1, -0.05) is 30.0 Å². The summed E-state index contributed by atoms with van der Waals surface area (Å²) in [5.41, 5.74) is 0.535. The number of carbonyl (C=O) groups is 2. The van der Waals surface area contributed by atoms with E-state index < -0.39 is 16.6 Å². The number of nitro groups is 1. The number of hydrogen-bond acceptors (Lipinski definition) is 5. The van der Waals surface area contributed by atoms with E-state index in [0.717, 1.165) is 30.7 Å². The van der Waals surface area contributed by atoms with Gasteiger partial charge in [0.2, 0.25) is 0 Å². The predicted octanol–water partition coefficient (Wildman–Crippen LogP) is 5.03. The fraction of sp³-hybridized carbons (Fsp3) is 0.130. The first-order chi connectivity index (χ1) is 15.4. The number of non-ortho nitro benzene ring substituents is 1. The van der Waals surface area contributed by atoms with Crippen LogP contribution in [0.5, 0.6) is 0 Å². The monoisotopic (exact) mass is 451 g/mol. The van der Waals surface area contributed by atoms with Crippen LogP contribution in [-0.2, 0) is 0 Å². The lowest BCUT2D eigenvalue weighted by molar-refractivity contribution is -0.384. The van der Waals surface area contributed by atoms with Gasteiger partial charge in [0.15, 0.2) is 0 Å². The van der Waals surface area contributed by atoms with Crippen LogP contribution >= 0.6 is 11.8 Å². The third-order valence-electron chi connectivity index (χ3n) is 4.77. The minimum atomic E-state index is -0.604. The Bertz CT molecular complexity index is 1210. The number of nitrogens with zero attached hydrogens (tertiary/aromatic N) is 1. The van der Waals surface area contributed by atoms with Crippen LogP contribution in [0.15, 0.2) is 76.5 Å². The maximum Gasteiger partial charge on any atom is 0.270 e. The van der Waals surface area contributed by atoms with Crippen molar-refractivity contribution in [1.82, 2.24) is 5.32 Å². The molecule has 0 unspecified atom stereocenters. The molecule has 0 heterocycles. The normalized spacial score (nSPS) is 12.8. The number of hydrogen-bond donors (Lipinski definition) is 2. The summed E-state index contributed by atoms with van der Waals surface area (Å²) in [7, 11) is 0. The average molecular weight is 451 g/mol. The summed E-state index contributed by atoms with van der Waals surface area (Å²) in [6.07, 6.45) is 1.91. The highest BCUT2D eigenvalue weighted by Crippen LogP contribution is 2.34. The van der Waals surface area contributed by atoms with E-state index >= 15 is 0 Å². The summed E-state index contributed by atoms with van der Waals surface area (Å²) < 4.78 is 14.1. The first kappa shape index (κ1) is 21.5. The lowest BCUT2D eigenvalue weighted by Crippen LogP contribution is -2.25. The standard InChI is InChI=1S/C23H18FN3O4S/c24-19-6-1-2-7-21(19)32-20-11-10-17(27(30)31)13-18(20)23(29)26-16-5-3-4-14(12-16)22(28)25-15-8-9-15/h1-7,10-13,15H,8-9H2,(H,25,28)(H,26,29). The van der Waals surface area contributed by atoms with E-state index in [0.29, 0.717) is 16.1 Å². The number of halogens is 1. The number of nitro benzene ring substituents is 1. The summed E-state index contributed by atoms with van der Waals surface area (Å²) >= 11 is 0.999. The molecule has 1 saturated carbocycles. The first-order valence-corrected chi connectivity index (χ1v) is 10.7. The summed E-state index contributed by atoms with van der Waals surface area (Å²) in [6.45, 7) is 0. The molecular weight excluding hydrogens is 433 g/mol. The third kappa shape index (κ3) is 5.12. The molecule has 0 saturated heterocycles. The van der Waals surface area contributed by atoms with Gasteiger partial charge in [0.25, 0.3) is 17.5 Å². The second-order valence-corrected chi connectivity index (χ2v) is 8.34. The van der Waals surface area contributed by atoms with Crippen LogP contribution < -0.4 is 10.6 Å². The third-order valence-corrected chi connectivity index (χ3v) is 5.90. The van der Waals surface area contributed by atoms with Crippen molar-refractivity contribution in [3.63, 3.8) is 0 Å². The molecule has 1 aliphatic rings. The Balaban J connectivity index is 1.60. The van der Waals surface area contributed by atoms with E-state index in [9.17, 15) is 24.1 Å². The molecule has 0 aromatic heterocycles. The fourth-order valence-electron chi connectivity index (χ4n) is 2.98. The molecule has 0 radical (unpaired) electrons. The van der Waals surface area contributed by atoms with Crippen molar-refractivity contribution in [2.24, 2.45) is 0 Å². The van der Waals surface area contributed by atoms with E-state index in [1.807, 2.05) is 0 Å². The van der Waals surface area contributed by atoms with Gasteiger partial charge in [-0.2, -0.15) is 0 Å². The Kier molecular flexibility index (Phi) is 6.18. The lowest BCUT2D eigenvalue weighted by Gasteiger charge is -2.11. The van der Waals surface area contributed by atoms with E-state index in [4.69, 9.17) is 0 Å². The summed E-state index contributed by atoms with van der Waals surface area (Å²) in [6, 6.07) is 16.5. The van der Waals surface area contributed by atoms with Crippen molar-refractivity contribution in [2.75, 3.05) is 5.32 Å². The van der Waals surface area contributed by atoms with Crippen molar-refractivity contribution in [3.8, 4) is 0 Å². The predicted molar refractivity (Wildman–Crippen MR) is 119 cm³/mol. The van der Waals surface area contributed by atoms with Gasteiger partial charge >= 0.3 is 0 Å². The van der Waals surface area contributed by atoms with Crippen LogP contribution in [0.25, 0.3) is 0 Å². The Morgan fingerprint density at radius 2 is 1.75 bits per heavy atom. The molecule has 32 heavy (non-hydrogen) atoms. The van der Waals surface area contributed by atoms with Crippen LogP contribution in [0, 0.1) is 15.9 Å². The Morgan fingerprint density at radius 1 is 0.969 bits per heavy atom. The SMILES string of the molecule is O=C(NC1CC1)c1cccc(NC(=O)c2cc([N+](=O)[O-])ccc2Sc2ccccc2F)c1. The lowest BCUT2D eigenvalue weighted by atomic mass is 10.1. The van der Waals surface area contributed by atoms with Crippen LogP contribution in [0.1, 0.15) is 33.6 Å². The molecule has 0 aliphatic heterocycles. The van der Waals surface area contributed by atoms with E-state index in [2.05, 4.69) is 10.6 Å². The molecule has 4 rings (SSSR count). The number of benzene rings is 3. The van der Waals surface area contributed by atoms with Crippen molar-refractivity contribution in [3.05, 3.63) is 93.8 Å². The molecule has 9 heteroatoms. The molecule has 0 atom stereocenters. The smallest absolute Gasteiger partial charge is 0.270 e. The number of anilines is 1. The minimum absolute atomic E-state index is 0.0280. The summed E-state index contributed by atoms with van der Waals surface area (Å²) in [5.74, 6) is -1.29. The van der Waals surface area contributed by atoms with Gasteiger partial charge in [0.1, 0.15) is 5.82 Å². The zero-order valence-corrected chi connectivity index (χ0v) is 17.5. The van der Waals surface area contributed by atoms with Gasteiger partial charge < -0.3 is 10.6 Å². The molecule has 2 amide bonds. The largest absolute Gasteiger partial charge is 0.349 e. The topological polar surface area (TPSA) is 101 Å². The molecule has 3 aromatic rings. The Hall–Kier alpha value is -3.72. The number of amides is 2. The Labute approximate surface area is 187 Å². The van der Waals surface area contributed by atoms with Crippen LogP contribution in [0.2, 0.25) is 0 Å². The summed E-state index contributed by atoms with van der Waals surface area (Å²) in [4.78, 5) is 36.6. The zero-order chi connectivity index (χ0) is 22.7. The highest BCUT2D eigenvalue weighted by molar-refractivity contribution is 7.99. The molecule has 0 spiro atoms. The number of carbonyl (C=O) groups excluding carboxylic acids is 2. The molecule has 0 bridgehead atoms. The van der Waals surface area contributed by atoms with Crippen molar-refractivity contribution in [1.29, 1.82) is 0 Å². The second kappa shape index (κ2) is 9.19. The molecule has 3 aromatic carbocycles. The molecule has 162 valence electrons. The van der Waals surface area contributed by atoms with Crippen LogP contribution in [-0.4, -0.2) is 22.8 Å². The maximum atomic E-state index is 14.1. The molecular formula is C23H18FN3O4S. The number of rotatable bonds is 7. The quantitative estimate of drug-likeness (QED) is 0.388.